The minimum atomic E-state index is -0.421. The van der Waals surface area contributed by atoms with Crippen molar-refractivity contribution in [3.05, 3.63) is 46.4 Å². The molecule has 0 atom stereocenters. The van der Waals surface area contributed by atoms with Crippen LogP contribution in [0, 0.1) is 0 Å². The van der Waals surface area contributed by atoms with Gasteiger partial charge in [-0.2, -0.15) is 0 Å². The van der Waals surface area contributed by atoms with Crippen molar-refractivity contribution in [2.45, 2.75) is 0 Å². The lowest BCUT2D eigenvalue weighted by Gasteiger charge is -2.10. The highest BCUT2D eigenvalue weighted by molar-refractivity contribution is 6.39. The number of ether oxygens (including phenoxy) is 1. The summed E-state index contributed by atoms with van der Waals surface area (Å²) in [5.41, 5.74) is 6.26. The number of carbonyl (C=O) groups excluding carboxylic acids is 1. The molecule has 2 rings (SSSR count). The molecule has 0 radical (unpaired) electrons. The SMILES string of the molecule is Nc1c(Cl)cc(NC(=O)COc2ccccc2O)cc1Cl. The zero-order valence-electron chi connectivity index (χ0n) is 10.8. The molecule has 2 aromatic carbocycles. The van der Waals surface area contributed by atoms with Crippen LogP contribution in [0.5, 0.6) is 11.5 Å². The van der Waals surface area contributed by atoms with Crippen LogP contribution in [0.15, 0.2) is 36.4 Å². The van der Waals surface area contributed by atoms with Crippen LogP contribution in [-0.2, 0) is 4.79 Å². The van der Waals surface area contributed by atoms with Crippen molar-refractivity contribution in [1.82, 2.24) is 0 Å². The van der Waals surface area contributed by atoms with Crippen LogP contribution in [0.4, 0.5) is 11.4 Å². The second-order valence-electron chi connectivity index (χ2n) is 4.16. The van der Waals surface area contributed by atoms with Crippen LogP contribution >= 0.6 is 23.2 Å². The summed E-state index contributed by atoms with van der Waals surface area (Å²) < 4.78 is 5.20. The molecule has 0 spiro atoms. The zero-order chi connectivity index (χ0) is 15.4. The van der Waals surface area contributed by atoms with Gasteiger partial charge in [0, 0.05) is 5.69 Å². The number of hydrogen-bond acceptors (Lipinski definition) is 4. The number of rotatable bonds is 4. The Balaban J connectivity index is 1.98. The maximum atomic E-state index is 11.8. The average Bonchev–Trinajstić information content (AvgIpc) is 2.44. The van der Waals surface area contributed by atoms with Crippen molar-refractivity contribution >= 4 is 40.5 Å². The standard InChI is InChI=1S/C14H12Cl2N2O3/c15-9-5-8(6-10(16)14(9)17)18-13(20)7-21-12-4-2-1-3-11(12)19/h1-6,19H,7,17H2,(H,18,20). The minimum absolute atomic E-state index is 0.0381. The third kappa shape index (κ3) is 3.93. The molecule has 0 aliphatic heterocycles. The molecule has 21 heavy (non-hydrogen) atoms. The smallest absolute Gasteiger partial charge is 0.262 e. The average molecular weight is 327 g/mol. The number of amides is 1. The molecule has 2 aromatic rings. The van der Waals surface area contributed by atoms with Gasteiger partial charge in [-0.3, -0.25) is 4.79 Å². The van der Waals surface area contributed by atoms with Crippen LogP contribution in [0.2, 0.25) is 10.0 Å². The summed E-state index contributed by atoms with van der Waals surface area (Å²) in [6.45, 7) is -0.267. The molecule has 0 aromatic heterocycles. The van der Waals surface area contributed by atoms with Gasteiger partial charge in [0.25, 0.3) is 5.91 Å². The van der Waals surface area contributed by atoms with Gasteiger partial charge >= 0.3 is 0 Å². The first-order valence-corrected chi connectivity index (χ1v) is 6.68. The number of hydrogen-bond donors (Lipinski definition) is 3. The summed E-state index contributed by atoms with van der Waals surface area (Å²) in [6.07, 6.45) is 0. The van der Waals surface area contributed by atoms with E-state index in [0.29, 0.717) is 5.69 Å². The molecule has 1 amide bonds. The van der Waals surface area contributed by atoms with Gasteiger partial charge in [0.15, 0.2) is 18.1 Å². The quantitative estimate of drug-likeness (QED) is 0.752. The van der Waals surface area contributed by atoms with E-state index in [0.717, 1.165) is 0 Å². The topological polar surface area (TPSA) is 84.6 Å². The predicted molar refractivity (Wildman–Crippen MR) is 83.1 cm³/mol. The zero-order valence-corrected chi connectivity index (χ0v) is 12.3. The first kappa shape index (κ1) is 15.3. The van der Waals surface area contributed by atoms with E-state index in [-0.39, 0.29) is 33.8 Å². The Kier molecular flexibility index (Phi) is 4.77. The highest BCUT2D eigenvalue weighted by atomic mass is 35.5. The van der Waals surface area contributed by atoms with Crippen LogP contribution in [0.25, 0.3) is 0 Å². The maximum Gasteiger partial charge on any atom is 0.262 e. The van der Waals surface area contributed by atoms with Crippen molar-refractivity contribution in [3.8, 4) is 11.5 Å². The molecule has 0 bridgehead atoms. The second-order valence-corrected chi connectivity index (χ2v) is 4.97. The van der Waals surface area contributed by atoms with E-state index in [2.05, 4.69) is 5.32 Å². The number of phenolic OH excluding ortho intramolecular Hbond substituents is 1. The van der Waals surface area contributed by atoms with E-state index >= 15 is 0 Å². The number of carbonyl (C=O) groups is 1. The fraction of sp³-hybridized carbons (Fsp3) is 0.0714. The molecule has 110 valence electrons. The van der Waals surface area contributed by atoms with E-state index in [1.54, 1.807) is 18.2 Å². The fourth-order valence-corrected chi connectivity index (χ4v) is 2.06. The van der Waals surface area contributed by atoms with Gasteiger partial charge in [0.1, 0.15) is 0 Å². The molecule has 0 saturated heterocycles. The lowest BCUT2D eigenvalue weighted by Crippen LogP contribution is -2.20. The molecule has 0 aliphatic rings. The van der Waals surface area contributed by atoms with E-state index in [9.17, 15) is 9.90 Å². The molecular weight excluding hydrogens is 315 g/mol. The number of benzene rings is 2. The fourth-order valence-electron chi connectivity index (χ4n) is 1.58. The number of nitrogen functional groups attached to an aromatic ring is 1. The molecule has 7 heteroatoms. The van der Waals surface area contributed by atoms with Gasteiger partial charge in [-0.15, -0.1) is 0 Å². The monoisotopic (exact) mass is 326 g/mol. The number of nitrogens with two attached hydrogens (primary N) is 1. The normalized spacial score (nSPS) is 10.2. The first-order valence-electron chi connectivity index (χ1n) is 5.92. The van der Waals surface area contributed by atoms with E-state index in [1.165, 1.54) is 18.2 Å². The molecule has 0 fully saturated rings. The van der Waals surface area contributed by atoms with Crippen LogP contribution < -0.4 is 15.8 Å². The summed E-state index contributed by atoms with van der Waals surface area (Å²) in [6, 6.07) is 9.33. The predicted octanol–water partition coefficient (Wildman–Crippen LogP) is 3.30. The summed E-state index contributed by atoms with van der Waals surface area (Å²) in [4.78, 5) is 11.8. The van der Waals surface area contributed by atoms with Gasteiger partial charge in [-0.1, -0.05) is 35.3 Å². The minimum Gasteiger partial charge on any atom is -0.504 e. The van der Waals surface area contributed by atoms with Crippen LogP contribution in [0.1, 0.15) is 0 Å². The van der Waals surface area contributed by atoms with Gasteiger partial charge in [-0.25, -0.2) is 0 Å². The summed E-state index contributed by atoms with van der Waals surface area (Å²) in [5.74, 6) is -0.236. The Morgan fingerprint density at radius 3 is 2.48 bits per heavy atom. The van der Waals surface area contributed by atoms with Gasteiger partial charge < -0.3 is 20.9 Å². The lowest BCUT2D eigenvalue weighted by atomic mass is 10.3. The number of phenols is 1. The Hall–Kier alpha value is -2.11. The van der Waals surface area contributed by atoms with Crippen molar-refractivity contribution in [1.29, 1.82) is 0 Å². The summed E-state index contributed by atoms with van der Waals surface area (Å²) in [5, 5.41) is 12.6. The van der Waals surface area contributed by atoms with Crippen LogP contribution in [-0.4, -0.2) is 17.6 Å². The number of aromatic hydroxyl groups is 1. The third-order valence-electron chi connectivity index (χ3n) is 2.59. The number of nitrogens with one attached hydrogen (secondary N) is 1. The Bertz CT molecular complexity index is 654. The summed E-state index contributed by atoms with van der Waals surface area (Å²) >= 11 is 11.7. The van der Waals surface area contributed by atoms with Crippen molar-refractivity contribution < 1.29 is 14.6 Å². The van der Waals surface area contributed by atoms with E-state index < -0.39 is 5.91 Å². The van der Waals surface area contributed by atoms with E-state index in [1.807, 2.05) is 0 Å². The molecule has 0 unspecified atom stereocenters. The maximum absolute atomic E-state index is 11.8. The van der Waals surface area contributed by atoms with Crippen molar-refractivity contribution in [2.24, 2.45) is 0 Å². The Labute approximate surface area is 131 Å². The number of anilines is 2. The number of para-hydroxylation sites is 2. The van der Waals surface area contributed by atoms with Crippen molar-refractivity contribution in [2.75, 3.05) is 17.7 Å². The molecule has 5 nitrogen and oxygen atoms in total. The van der Waals surface area contributed by atoms with Crippen LogP contribution in [0.3, 0.4) is 0 Å². The molecular formula is C14H12Cl2N2O3. The Morgan fingerprint density at radius 1 is 1.24 bits per heavy atom. The highest BCUT2D eigenvalue weighted by Gasteiger charge is 2.09. The van der Waals surface area contributed by atoms with Gasteiger partial charge in [-0.05, 0) is 24.3 Å². The molecule has 0 aliphatic carbocycles. The molecule has 0 saturated carbocycles. The van der Waals surface area contributed by atoms with Gasteiger partial charge in [0.2, 0.25) is 0 Å². The summed E-state index contributed by atoms with van der Waals surface area (Å²) in [7, 11) is 0. The Morgan fingerprint density at radius 2 is 1.86 bits per heavy atom. The van der Waals surface area contributed by atoms with Crippen molar-refractivity contribution in [3.63, 3.8) is 0 Å². The highest BCUT2D eigenvalue weighted by Crippen LogP contribution is 2.31. The molecule has 0 heterocycles. The van der Waals surface area contributed by atoms with E-state index in [4.69, 9.17) is 33.7 Å². The molecule has 4 N–H and O–H groups in total. The third-order valence-corrected chi connectivity index (χ3v) is 3.21. The lowest BCUT2D eigenvalue weighted by molar-refractivity contribution is -0.118. The number of halogens is 2. The second kappa shape index (κ2) is 6.56. The van der Waals surface area contributed by atoms with Gasteiger partial charge in [0.05, 0.1) is 15.7 Å². The largest absolute Gasteiger partial charge is 0.504 e. The first-order chi connectivity index (χ1) is 9.97.